The van der Waals surface area contributed by atoms with E-state index in [1.54, 1.807) is 0 Å². The Morgan fingerprint density at radius 1 is 1.05 bits per heavy atom. The van der Waals surface area contributed by atoms with Gasteiger partial charge in [-0.1, -0.05) is 32.6 Å². The first kappa shape index (κ1) is 15.8. The summed E-state index contributed by atoms with van der Waals surface area (Å²) in [6.45, 7) is 5.77. The van der Waals surface area contributed by atoms with Crippen LogP contribution >= 0.6 is 0 Å². The number of hydrogen-bond donors (Lipinski definition) is 1. The summed E-state index contributed by atoms with van der Waals surface area (Å²) >= 11 is 0. The van der Waals surface area contributed by atoms with Crippen LogP contribution in [-0.4, -0.2) is 25.3 Å². The van der Waals surface area contributed by atoms with Gasteiger partial charge in [-0.05, 0) is 75.8 Å². The molecule has 0 amide bonds. The summed E-state index contributed by atoms with van der Waals surface area (Å²) in [5, 5.41) is 3.69. The van der Waals surface area contributed by atoms with Gasteiger partial charge in [0.25, 0.3) is 0 Å². The minimum absolute atomic E-state index is 0.297. The van der Waals surface area contributed by atoms with Gasteiger partial charge in [0.05, 0.1) is 5.60 Å². The summed E-state index contributed by atoms with van der Waals surface area (Å²) in [6, 6.07) is 0. The molecule has 122 valence electrons. The van der Waals surface area contributed by atoms with E-state index in [-0.39, 0.29) is 0 Å². The van der Waals surface area contributed by atoms with Crippen LogP contribution in [0.4, 0.5) is 0 Å². The average Bonchev–Trinajstić information content (AvgIpc) is 2.97. The maximum Gasteiger partial charge on any atom is 0.0685 e. The van der Waals surface area contributed by atoms with Gasteiger partial charge in [0.2, 0.25) is 0 Å². The molecule has 2 heteroatoms. The van der Waals surface area contributed by atoms with Crippen LogP contribution in [0.15, 0.2) is 0 Å². The van der Waals surface area contributed by atoms with Gasteiger partial charge >= 0.3 is 0 Å². The Morgan fingerprint density at radius 3 is 2.71 bits per heavy atom. The molecule has 3 aliphatic rings. The molecule has 3 rings (SSSR count). The Bertz CT molecular complexity index is 305. The fraction of sp³-hybridized carbons (Fsp3) is 1.00. The molecule has 0 aromatic carbocycles. The van der Waals surface area contributed by atoms with Crippen LogP contribution in [0, 0.1) is 17.8 Å². The highest BCUT2D eigenvalue weighted by Crippen LogP contribution is 2.47. The van der Waals surface area contributed by atoms with E-state index >= 15 is 0 Å². The van der Waals surface area contributed by atoms with E-state index in [0.717, 1.165) is 24.4 Å². The number of hydrogen-bond acceptors (Lipinski definition) is 2. The first-order valence-electron chi connectivity index (χ1n) is 9.68. The van der Waals surface area contributed by atoms with Crippen molar-refractivity contribution < 1.29 is 4.74 Å². The van der Waals surface area contributed by atoms with Gasteiger partial charge in [-0.25, -0.2) is 0 Å². The zero-order valence-corrected chi connectivity index (χ0v) is 14.0. The molecule has 3 fully saturated rings. The molecule has 1 spiro atoms. The van der Waals surface area contributed by atoms with Crippen molar-refractivity contribution in [3.05, 3.63) is 0 Å². The third-order valence-electron chi connectivity index (χ3n) is 6.45. The molecule has 2 saturated carbocycles. The van der Waals surface area contributed by atoms with E-state index < -0.39 is 0 Å². The quantitative estimate of drug-likeness (QED) is 0.752. The van der Waals surface area contributed by atoms with Gasteiger partial charge in [0.1, 0.15) is 0 Å². The number of nitrogens with one attached hydrogen (secondary N) is 1. The van der Waals surface area contributed by atoms with Gasteiger partial charge in [-0.3, -0.25) is 0 Å². The van der Waals surface area contributed by atoms with Crippen molar-refractivity contribution in [3.8, 4) is 0 Å². The fourth-order valence-corrected chi connectivity index (χ4v) is 5.38. The Labute approximate surface area is 131 Å². The SMILES string of the molecule is CCCNCC1CCCC1C1CCOC2(CCCCC2)C1. The smallest absolute Gasteiger partial charge is 0.0685 e. The monoisotopic (exact) mass is 293 g/mol. The second-order valence-corrected chi connectivity index (χ2v) is 7.90. The van der Waals surface area contributed by atoms with E-state index in [9.17, 15) is 0 Å². The third-order valence-corrected chi connectivity index (χ3v) is 6.45. The molecule has 1 aliphatic heterocycles. The van der Waals surface area contributed by atoms with E-state index in [2.05, 4.69) is 12.2 Å². The highest BCUT2D eigenvalue weighted by molar-refractivity contribution is 4.94. The zero-order valence-electron chi connectivity index (χ0n) is 14.0. The van der Waals surface area contributed by atoms with Crippen molar-refractivity contribution in [2.24, 2.45) is 17.8 Å². The molecular formula is C19H35NO. The molecule has 21 heavy (non-hydrogen) atoms. The molecule has 1 saturated heterocycles. The highest BCUT2D eigenvalue weighted by Gasteiger charge is 2.43. The molecule has 3 unspecified atom stereocenters. The molecule has 2 aliphatic carbocycles. The van der Waals surface area contributed by atoms with Crippen molar-refractivity contribution in [2.75, 3.05) is 19.7 Å². The summed E-state index contributed by atoms with van der Waals surface area (Å²) in [5.74, 6) is 2.88. The second-order valence-electron chi connectivity index (χ2n) is 7.90. The normalized spacial score (nSPS) is 36.1. The largest absolute Gasteiger partial charge is 0.375 e. The van der Waals surface area contributed by atoms with Gasteiger partial charge in [-0.2, -0.15) is 0 Å². The van der Waals surface area contributed by atoms with Crippen molar-refractivity contribution in [3.63, 3.8) is 0 Å². The standard InChI is InChI=1S/C19H35NO/c1-2-12-20-15-17-7-6-8-18(17)16-9-13-21-19(14-16)10-4-3-5-11-19/h16-18,20H,2-15H2,1H3. The van der Waals surface area contributed by atoms with Crippen LogP contribution in [0.5, 0.6) is 0 Å². The van der Waals surface area contributed by atoms with Gasteiger partial charge in [0, 0.05) is 6.61 Å². The minimum atomic E-state index is 0.297. The molecule has 0 aromatic heterocycles. The molecule has 0 aromatic rings. The Kier molecular flexibility index (Phi) is 5.61. The predicted molar refractivity (Wildman–Crippen MR) is 88.5 cm³/mol. The van der Waals surface area contributed by atoms with E-state index in [1.807, 2.05) is 0 Å². The highest BCUT2D eigenvalue weighted by atomic mass is 16.5. The molecule has 1 heterocycles. The van der Waals surface area contributed by atoms with E-state index in [0.29, 0.717) is 5.60 Å². The van der Waals surface area contributed by atoms with Crippen LogP contribution in [0.25, 0.3) is 0 Å². The molecule has 2 nitrogen and oxygen atoms in total. The van der Waals surface area contributed by atoms with Crippen molar-refractivity contribution in [1.29, 1.82) is 0 Å². The molecule has 0 bridgehead atoms. The van der Waals surface area contributed by atoms with E-state index in [4.69, 9.17) is 4.74 Å². The summed E-state index contributed by atoms with van der Waals surface area (Å²) in [7, 11) is 0. The average molecular weight is 293 g/mol. The topological polar surface area (TPSA) is 21.3 Å². The Balaban J connectivity index is 1.57. The minimum Gasteiger partial charge on any atom is -0.375 e. The molecule has 1 N–H and O–H groups in total. The van der Waals surface area contributed by atoms with E-state index in [1.165, 1.54) is 83.7 Å². The first-order valence-corrected chi connectivity index (χ1v) is 9.68. The lowest BCUT2D eigenvalue weighted by Gasteiger charge is -2.46. The molecular weight excluding hydrogens is 258 g/mol. The van der Waals surface area contributed by atoms with Gasteiger partial charge < -0.3 is 10.1 Å². The Morgan fingerprint density at radius 2 is 1.90 bits per heavy atom. The summed E-state index contributed by atoms with van der Waals surface area (Å²) in [4.78, 5) is 0. The first-order chi connectivity index (χ1) is 10.3. The summed E-state index contributed by atoms with van der Waals surface area (Å²) in [6.07, 6.45) is 15.3. The van der Waals surface area contributed by atoms with Crippen molar-refractivity contribution in [2.45, 2.75) is 83.2 Å². The predicted octanol–water partition coefficient (Wildman–Crippen LogP) is 4.53. The lowest BCUT2D eigenvalue weighted by atomic mass is 9.70. The molecule has 0 radical (unpaired) electrons. The van der Waals surface area contributed by atoms with Crippen LogP contribution in [0.3, 0.4) is 0 Å². The zero-order chi connectivity index (χ0) is 14.5. The lowest BCUT2D eigenvalue weighted by molar-refractivity contribution is -0.127. The van der Waals surface area contributed by atoms with Crippen LogP contribution in [0.2, 0.25) is 0 Å². The fourth-order valence-electron chi connectivity index (χ4n) is 5.38. The number of rotatable bonds is 5. The van der Waals surface area contributed by atoms with Crippen molar-refractivity contribution in [1.82, 2.24) is 5.32 Å². The van der Waals surface area contributed by atoms with Crippen LogP contribution < -0.4 is 5.32 Å². The molecule has 3 atom stereocenters. The van der Waals surface area contributed by atoms with Crippen LogP contribution in [0.1, 0.15) is 77.6 Å². The van der Waals surface area contributed by atoms with Gasteiger partial charge in [-0.15, -0.1) is 0 Å². The van der Waals surface area contributed by atoms with Crippen molar-refractivity contribution >= 4 is 0 Å². The summed E-state index contributed by atoms with van der Waals surface area (Å²) < 4.78 is 6.31. The third kappa shape index (κ3) is 3.82. The maximum absolute atomic E-state index is 6.31. The lowest BCUT2D eigenvalue weighted by Crippen LogP contribution is -2.44. The summed E-state index contributed by atoms with van der Waals surface area (Å²) in [5.41, 5.74) is 0.297. The Hall–Kier alpha value is -0.0800. The van der Waals surface area contributed by atoms with Crippen LogP contribution in [-0.2, 0) is 4.74 Å². The number of ether oxygens (including phenoxy) is 1. The second kappa shape index (κ2) is 7.46. The maximum atomic E-state index is 6.31. The van der Waals surface area contributed by atoms with Gasteiger partial charge in [0.15, 0.2) is 0 Å².